The van der Waals surface area contributed by atoms with E-state index in [0.29, 0.717) is 31.2 Å². The molecule has 5 amide bonds. The minimum Gasteiger partial charge on any atom is -0.393 e. The predicted octanol–water partition coefficient (Wildman–Crippen LogP) is 2.40. The molecular weight excluding hydrogens is 1070 g/mol. The number of rotatable bonds is 22. The van der Waals surface area contributed by atoms with Crippen LogP contribution in [-0.4, -0.2) is 123 Å². The second kappa shape index (κ2) is 23.5. The molecule has 76 heavy (non-hydrogen) atoms. The number of ether oxygens (including phenoxy) is 3. The van der Waals surface area contributed by atoms with Crippen LogP contribution < -0.4 is 26.6 Å². The van der Waals surface area contributed by atoms with Crippen molar-refractivity contribution in [3.8, 4) is 0 Å². The third-order valence-corrected chi connectivity index (χ3v) is 16.8. The summed E-state index contributed by atoms with van der Waals surface area (Å²) >= 11 is 2.98. The molecule has 1 saturated heterocycles. The zero-order valence-corrected chi connectivity index (χ0v) is 44.8. The number of fused-ring (bicyclic) bond motifs is 7. The maximum absolute atomic E-state index is 14.5. The average molecular weight is 1140 g/mol. The van der Waals surface area contributed by atoms with E-state index < -0.39 is 104 Å². The summed E-state index contributed by atoms with van der Waals surface area (Å²) < 4.78 is 37.8. The molecule has 21 nitrogen and oxygen atoms in total. The van der Waals surface area contributed by atoms with Gasteiger partial charge in [0.05, 0.1) is 43.8 Å². The molecule has 2 heterocycles. The first kappa shape index (κ1) is 56.5. The van der Waals surface area contributed by atoms with Crippen molar-refractivity contribution >= 4 is 64.9 Å². The minimum absolute atomic E-state index is 0.0151. The maximum Gasteiger partial charge on any atom is 0.470 e. The first-order valence-electron chi connectivity index (χ1n) is 25.1. The quantitative estimate of drug-likeness (QED) is 0.0310. The molecule has 8 rings (SSSR count). The summed E-state index contributed by atoms with van der Waals surface area (Å²) in [5.41, 5.74) is 1.80. The molecule has 10 atom stereocenters. The van der Waals surface area contributed by atoms with Crippen molar-refractivity contribution in [2.45, 2.75) is 89.1 Å². The predicted molar refractivity (Wildman–Crippen MR) is 275 cm³/mol. The number of alkyl halides is 1. The van der Waals surface area contributed by atoms with Crippen LogP contribution in [0.2, 0.25) is 0 Å². The van der Waals surface area contributed by atoms with E-state index in [-0.39, 0.29) is 61.6 Å². The molecule has 4 fully saturated rings. The summed E-state index contributed by atoms with van der Waals surface area (Å²) in [6.07, 6.45) is 6.80. The van der Waals surface area contributed by atoms with Gasteiger partial charge in [0.25, 0.3) is 0 Å². The lowest BCUT2D eigenvalue weighted by molar-refractivity contribution is -0.200. The Balaban J connectivity index is 0.834. The number of carbonyl (C=O) groups is 7. The third kappa shape index (κ3) is 12.4. The number of amides is 5. The molecule has 0 bridgehead atoms. The van der Waals surface area contributed by atoms with E-state index in [9.17, 15) is 53.0 Å². The molecule has 1 aliphatic heterocycles. The summed E-state index contributed by atoms with van der Waals surface area (Å²) in [5.74, 6) is -4.00. The lowest BCUT2D eigenvalue weighted by Gasteiger charge is -2.59. The average Bonchev–Trinajstić information content (AvgIpc) is 4.22. The SMILES string of the molecule is Cn1cc([C@@H]2O[C@@H]3C[C@H]4[C@@H]5CCC6=CC(=O)C=C[C@]6(C)[C@H]5[C@@H](O)C[C@]4(C)[C@]3(C(=O)COP(=O)(O)O)O2)cc1Cc1ccc(COCNC(=O)CNC(=O)[C@H](Cc2ccccc2)NC(=O)CNC(=O)CNC(=O)CBr)cc1. The summed E-state index contributed by atoms with van der Waals surface area (Å²) in [6, 6.07) is 17.5. The number of aryl methyl sites for hydroxylation is 1. The highest BCUT2D eigenvalue weighted by molar-refractivity contribution is 9.09. The van der Waals surface area contributed by atoms with Crippen LogP contribution in [0, 0.1) is 28.6 Å². The van der Waals surface area contributed by atoms with Crippen LogP contribution >= 0.6 is 23.8 Å². The fourth-order valence-corrected chi connectivity index (χ4v) is 12.8. The van der Waals surface area contributed by atoms with Crippen molar-refractivity contribution in [1.29, 1.82) is 0 Å². The number of carbonyl (C=O) groups excluding carboxylic acids is 7. The van der Waals surface area contributed by atoms with Crippen LogP contribution in [-0.2, 0) is 83.4 Å². The summed E-state index contributed by atoms with van der Waals surface area (Å²) in [7, 11) is -3.16. The molecule has 0 radical (unpaired) electrons. The van der Waals surface area contributed by atoms with E-state index in [2.05, 4.69) is 49.4 Å². The Morgan fingerprint density at radius 1 is 0.908 bits per heavy atom. The van der Waals surface area contributed by atoms with Gasteiger partial charge in [-0.15, -0.1) is 0 Å². The summed E-state index contributed by atoms with van der Waals surface area (Å²) in [4.78, 5) is 108. The number of phosphoric ester groups is 1. The van der Waals surface area contributed by atoms with Gasteiger partial charge < -0.3 is 60.3 Å². The van der Waals surface area contributed by atoms with E-state index in [1.165, 1.54) is 0 Å². The first-order valence-corrected chi connectivity index (χ1v) is 27.7. The smallest absolute Gasteiger partial charge is 0.393 e. The fourth-order valence-electron chi connectivity index (χ4n) is 12.3. The zero-order chi connectivity index (χ0) is 54.6. The first-order chi connectivity index (χ1) is 36.1. The number of nitrogens with zero attached hydrogens (tertiary/aromatic N) is 1. The Labute approximate surface area is 447 Å². The number of aromatic nitrogens is 1. The highest BCUT2D eigenvalue weighted by Gasteiger charge is 2.76. The van der Waals surface area contributed by atoms with E-state index in [4.69, 9.17) is 18.7 Å². The largest absolute Gasteiger partial charge is 0.470 e. The second-order valence-electron chi connectivity index (χ2n) is 20.6. The molecule has 3 saturated carbocycles. The summed E-state index contributed by atoms with van der Waals surface area (Å²) in [6.45, 7) is 1.90. The van der Waals surface area contributed by atoms with Gasteiger partial charge in [-0.2, -0.15) is 0 Å². The maximum atomic E-state index is 14.5. The van der Waals surface area contributed by atoms with Gasteiger partial charge in [0.1, 0.15) is 19.4 Å². The van der Waals surface area contributed by atoms with E-state index in [0.717, 1.165) is 28.0 Å². The number of aliphatic hydroxyl groups excluding tert-OH is 1. The summed E-state index contributed by atoms with van der Waals surface area (Å²) in [5, 5.41) is 24.6. The van der Waals surface area contributed by atoms with Crippen LogP contribution in [0.15, 0.2) is 90.7 Å². The number of aliphatic hydroxyl groups is 1. The molecule has 4 aliphatic carbocycles. The number of benzene rings is 2. The minimum atomic E-state index is -5.04. The van der Waals surface area contributed by atoms with Gasteiger partial charge in [-0.3, -0.25) is 38.1 Å². The molecule has 5 aliphatic rings. The van der Waals surface area contributed by atoms with Crippen molar-refractivity contribution in [2.24, 2.45) is 35.6 Å². The number of Topliss-reactive ketones (excluding diaryl/α,β-unsaturated/α-hetero) is 1. The molecule has 23 heteroatoms. The Hall–Kier alpha value is -5.68. The number of nitrogens with one attached hydrogen (secondary N) is 5. The number of halogens is 1. The monoisotopic (exact) mass is 1130 g/mol. The van der Waals surface area contributed by atoms with Crippen molar-refractivity contribution in [3.05, 3.63) is 119 Å². The molecule has 0 unspecified atom stereocenters. The van der Waals surface area contributed by atoms with Gasteiger partial charge in [0, 0.05) is 54.1 Å². The second-order valence-corrected chi connectivity index (χ2v) is 22.4. The van der Waals surface area contributed by atoms with E-state index in [1.54, 1.807) is 42.5 Å². The van der Waals surface area contributed by atoms with Crippen molar-refractivity contribution in [2.75, 3.05) is 38.3 Å². The van der Waals surface area contributed by atoms with Crippen LogP contribution in [0.3, 0.4) is 0 Å². The van der Waals surface area contributed by atoms with Gasteiger partial charge in [-0.1, -0.05) is 96.0 Å². The number of hydrogen-bond acceptors (Lipinski definition) is 13. The highest BCUT2D eigenvalue weighted by atomic mass is 79.9. The topological polar surface area (TPSA) is 299 Å². The van der Waals surface area contributed by atoms with Gasteiger partial charge in [0.2, 0.25) is 29.5 Å². The van der Waals surface area contributed by atoms with E-state index >= 15 is 0 Å². The number of allylic oxidation sites excluding steroid dienone is 4. The van der Waals surface area contributed by atoms with E-state index in [1.807, 2.05) is 61.1 Å². The van der Waals surface area contributed by atoms with Crippen LogP contribution in [0.4, 0.5) is 0 Å². The Kier molecular flexibility index (Phi) is 17.5. The number of ketones is 2. The third-order valence-electron chi connectivity index (χ3n) is 15.8. The lowest BCUT2D eigenvalue weighted by Crippen LogP contribution is -2.63. The van der Waals surface area contributed by atoms with Crippen molar-refractivity contribution < 1.29 is 71.8 Å². The molecule has 2 aromatic carbocycles. The molecule has 3 aromatic rings. The Bertz CT molecular complexity index is 2820. The fraction of sp³-hybridized carbons (Fsp3) is 0.491. The molecule has 8 N–H and O–H groups in total. The van der Waals surface area contributed by atoms with Crippen LogP contribution in [0.5, 0.6) is 0 Å². The van der Waals surface area contributed by atoms with Crippen LogP contribution in [0.25, 0.3) is 0 Å². The normalized spacial score (nSPS) is 27.7. The molecular formula is C53H64BrN6O15P. The zero-order valence-electron chi connectivity index (χ0n) is 42.3. The van der Waals surface area contributed by atoms with Crippen LogP contribution in [0.1, 0.15) is 73.8 Å². The molecule has 0 spiro atoms. The lowest BCUT2D eigenvalue weighted by atomic mass is 9.46. The molecule has 408 valence electrons. The molecule has 1 aromatic heterocycles. The number of hydrogen-bond donors (Lipinski definition) is 8. The van der Waals surface area contributed by atoms with Gasteiger partial charge in [-0.05, 0) is 72.4 Å². The number of phosphoric acid groups is 1. The highest BCUT2D eigenvalue weighted by Crippen LogP contribution is 2.70. The van der Waals surface area contributed by atoms with Crippen molar-refractivity contribution in [3.63, 3.8) is 0 Å². The Morgan fingerprint density at radius 3 is 2.32 bits per heavy atom. The Morgan fingerprint density at radius 2 is 1.59 bits per heavy atom. The van der Waals surface area contributed by atoms with Gasteiger partial charge >= 0.3 is 7.82 Å². The standard InChI is InChI=1S/C53H64BrN6O15P/c1-51-16-15-37(61)20-35(51)13-14-38-39-21-43-53(42(63)29-73-76(69,70)71,52(39,2)22-41(62)48(38)51)75-50(74-43)34-19-36(60(3)27-34)17-32-9-11-33(12-10-32)28-72-30-58-46(66)25-57-49(68)40(18-31-7-5-4-6-8-31)59-47(67)26-56-45(65)24-55-44(64)23-54/h4-12,15-16,19-20,27,38-41,43,48,50,62H,13-14,17-18,21-26,28-30H2,1-3H3,(H,55,64)(H,56,65)(H,57,68)(H,58,66)(H,59,67)(H2,69,70,71)/t38-,39-,40-,41-,43+,48+,50+,51-,52-,53+/m0/s1. The van der Waals surface area contributed by atoms with Crippen molar-refractivity contribution in [1.82, 2.24) is 31.2 Å². The van der Waals surface area contributed by atoms with Gasteiger partial charge in [-0.25, -0.2) is 4.57 Å². The van der Waals surface area contributed by atoms with Gasteiger partial charge in [0.15, 0.2) is 23.5 Å².